The van der Waals surface area contributed by atoms with Crippen LogP contribution in [0, 0.1) is 11.7 Å². The molecular weight excluding hydrogens is 296 g/mol. The summed E-state index contributed by atoms with van der Waals surface area (Å²) < 4.78 is 14.0. The van der Waals surface area contributed by atoms with E-state index in [0.29, 0.717) is 12.3 Å². The number of benzene rings is 1. The molecule has 0 radical (unpaired) electrons. The van der Waals surface area contributed by atoms with Crippen molar-refractivity contribution >= 4 is 27.5 Å². The van der Waals surface area contributed by atoms with Crippen molar-refractivity contribution in [1.29, 1.82) is 0 Å². The van der Waals surface area contributed by atoms with Crippen LogP contribution in [0.3, 0.4) is 0 Å². The SMILES string of the molecule is CC(C)CC(N)c1c(O)c(Cl)cc(Br)c1F. The topological polar surface area (TPSA) is 46.2 Å². The van der Waals surface area contributed by atoms with Crippen LogP contribution >= 0.6 is 27.5 Å². The third-order valence-electron chi connectivity index (χ3n) is 2.28. The first-order chi connectivity index (χ1) is 7.34. The Morgan fingerprint density at radius 3 is 2.62 bits per heavy atom. The standard InChI is InChI=1S/C11H14BrClFNO/c1-5(2)3-8(15)9-10(14)6(12)4-7(13)11(9)16/h4-5,8,16H,3,15H2,1-2H3. The summed E-state index contributed by atoms with van der Waals surface area (Å²) in [6.07, 6.45) is 0.581. The normalized spacial score (nSPS) is 13.2. The summed E-state index contributed by atoms with van der Waals surface area (Å²) >= 11 is 8.81. The predicted molar refractivity (Wildman–Crippen MR) is 67.2 cm³/mol. The van der Waals surface area contributed by atoms with E-state index in [1.807, 2.05) is 13.8 Å². The van der Waals surface area contributed by atoms with Crippen LogP contribution in [-0.4, -0.2) is 5.11 Å². The van der Waals surface area contributed by atoms with Crippen LogP contribution in [-0.2, 0) is 0 Å². The van der Waals surface area contributed by atoms with Crippen molar-refractivity contribution < 1.29 is 9.50 Å². The van der Waals surface area contributed by atoms with Gasteiger partial charge in [0.05, 0.1) is 9.50 Å². The Balaban J connectivity index is 3.21. The van der Waals surface area contributed by atoms with E-state index in [1.165, 1.54) is 6.07 Å². The molecule has 90 valence electrons. The van der Waals surface area contributed by atoms with Gasteiger partial charge in [0.2, 0.25) is 0 Å². The van der Waals surface area contributed by atoms with Gasteiger partial charge in [-0.25, -0.2) is 4.39 Å². The average Bonchev–Trinajstić information content (AvgIpc) is 2.14. The summed E-state index contributed by atoms with van der Waals surface area (Å²) in [5, 5.41) is 9.81. The smallest absolute Gasteiger partial charge is 0.145 e. The second-order valence-electron chi connectivity index (χ2n) is 4.15. The Bertz CT molecular complexity index is 372. The van der Waals surface area contributed by atoms with Crippen molar-refractivity contribution in [2.75, 3.05) is 0 Å². The first-order valence-electron chi connectivity index (χ1n) is 4.96. The van der Waals surface area contributed by atoms with Gasteiger partial charge in [-0.15, -0.1) is 0 Å². The molecule has 0 aromatic heterocycles. The summed E-state index contributed by atoms with van der Waals surface area (Å²) in [5.74, 6) is -0.503. The summed E-state index contributed by atoms with van der Waals surface area (Å²) in [6, 6.07) is 0.757. The largest absolute Gasteiger partial charge is 0.506 e. The maximum atomic E-state index is 13.8. The quantitative estimate of drug-likeness (QED) is 0.829. The van der Waals surface area contributed by atoms with Crippen LogP contribution in [0.25, 0.3) is 0 Å². The fourth-order valence-electron chi connectivity index (χ4n) is 1.57. The molecule has 0 heterocycles. The molecule has 1 aromatic rings. The third-order valence-corrected chi connectivity index (χ3v) is 3.14. The van der Waals surface area contributed by atoms with E-state index in [1.54, 1.807) is 0 Å². The van der Waals surface area contributed by atoms with E-state index >= 15 is 0 Å². The lowest BCUT2D eigenvalue weighted by Crippen LogP contribution is -2.15. The molecule has 1 rings (SSSR count). The number of phenolic OH excluding ortho intramolecular Hbond substituents is 1. The van der Waals surface area contributed by atoms with E-state index in [4.69, 9.17) is 17.3 Å². The van der Waals surface area contributed by atoms with Gasteiger partial charge in [0.1, 0.15) is 11.6 Å². The van der Waals surface area contributed by atoms with E-state index in [-0.39, 0.29) is 20.8 Å². The summed E-state index contributed by atoms with van der Waals surface area (Å²) in [7, 11) is 0. The predicted octanol–water partition coefficient (Wildman–Crippen LogP) is 3.99. The van der Waals surface area contributed by atoms with Crippen LogP contribution in [0.5, 0.6) is 5.75 Å². The molecule has 0 amide bonds. The summed E-state index contributed by atoms with van der Waals surface area (Å²) in [5.41, 5.74) is 5.93. The van der Waals surface area contributed by atoms with Gasteiger partial charge in [-0.3, -0.25) is 0 Å². The van der Waals surface area contributed by atoms with Gasteiger partial charge >= 0.3 is 0 Å². The highest BCUT2D eigenvalue weighted by Crippen LogP contribution is 2.38. The zero-order valence-electron chi connectivity index (χ0n) is 9.10. The molecule has 1 aromatic carbocycles. The molecule has 0 aliphatic rings. The van der Waals surface area contributed by atoms with Crippen LogP contribution < -0.4 is 5.73 Å². The molecule has 0 fully saturated rings. The number of hydrogen-bond acceptors (Lipinski definition) is 2. The first-order valence-corrected chi connectivity index (χ1v) is 6.13. The maximum Gasteiger partial charge on any atom is 0.145 e. The lowest BCUT2D eigenvalue weighted by Gasteiger charge is -2.18. The van der Waals surface area contributed by atoms with Crippen molar-refractivity contribution in [3.63, 3.8) is 0 Å². The number of halogens is 3. The average molecular weight is 311 g/mol. The van der Waals surface area contributed by atoms with Crippen LogP contribution in [0.1, 0.15) is 31.9 Å². The van der Waals surface area contributed by atoms with Crippen molar-refractivity contribution in [3.8, 4) is 5.75 Å². The van der Waals surface area contributed by atoms with Crippen LogP contribution in [0.2, 0.25) is 5.02 Å². The number of rotatable bonds is 3. The molecule has 1 unspecified atom stereocenters. The van der Waals surface area contributed by atoms with E-state index in [9.17, 15) is 9.50 Å². The van der Waals surface area contributed by atoms with Crippen LogP contribution in [0.4, 0.5) is 4.39 Å². The van der Waals surface area contributed by atoms with Gasteiger partial charge < -0.3 is 10.8 Å². The highest BCUT2D eigenvalue weighted by molar-refractivity contribution is 9.10. The molecule has 0 aliphatic carbocycles. The molecular formula is C11H14BrClFNO. The van der Waals surface area contributed by atoms with E-state index < -0.39 is 11.9 Å². The summed E-state index contributed by atoms with van der Waals surface area (Å²) in [4.78, 5) is 0. The molecule has 2 nitrogen and oxygen atoms in total. The van der Waals surface area contributed by atoms with Crippen molar-refractivity contribution in [1.82, 2.24) is 0 Å². The van der Waals surface area contributed by atoms with Crippen LogP contribution in [0.15, 0.2) is 10.5 Å². The van der Waals surface area contributed by atoms with E-state index in [0.717, 1.165) is 0 Å². The Morgan fingerprint density at radius 1 is 1.56 bits per heavy atom. The van der Waals surface area contributed by atoms with Gasteiger partial charge in [0.25, 0.3) is 0 Å². The molecule has 3 N–H and O–H groups in total. The Morgan fingerprint density at radius 2 is 2.12 bits per heavy atom. The zero-order valence-corrected chi connectivity index (χ0v) is 11.4. The second kappa shape index (κ2) is 5.34. The van der Waals surface area contributed by atoms with Gasteiger partial charge in [-0.1, -0.05) is 25.4 Å². The Kier molecular flexibility index (Phi) is 4.59. The molecule has 0 saturated heterocycles. The zero-order chi connectivity index (χ0) is 12.5. The molecule has 0 spiro atoms. The number of phenols is 1. The van der Waals surface area contributed by atoms with Crippen molar-refractivity contribution in [2.45, 2.75) is 26.3 Å². The third kappa shape index (κ3) is 2.87. The minimum atomic E-state index is -0.560. The van der Waals surface area contributed by atoms with Crippen molar-refractivity contribution in [2.24, 2.45) is 11.7 Å². The molecule has 5 heteroatoms. The lowest BCUT2D eigenvalue weighted by atomic mass is 9.96. The fourth-order valence-corrected chi connectivity index (χ4v) is 2.35. The molecule has 16 heavy (non-hydrogen) atoms. The Hall–Kier alpha value is -0.320. The van der Waals surface area contributed by atoms with Gasteiger partial charge in [0.15, 0.2) is 0 Å². The monoisotopic (exact) mass is 309 g/mol. The van der Waals surface area contributed by atoms with Gasteiger partial charge in [-0.05, 0) is 34.3 Å². The number of hydrogen-bond donors (Lipinski definition) is 2. The van der Waals surface area contributed by atoms with Gasteiger partial charge in [-0.2, -0.15) is 0 Å². The maximum absolute atomic E-state index is 13.8. The second-order valence-corrected chi connectivity index (χ2v) is 5.41. The fraction of sp³-hybridized carbons (Fsp3) is 0.455. The van der Waals surface area contributed by atoms with E-state index in [2.05, 4.69) is 15.9 Å². The minimum absolute atomic E-state index is 0.0769. The molecule has 0 bridgehead atoms. The number of aromatic hydroxyl groups is 1. The highest BCUT2D eigenvalue weighted by atomic mass is 79.9. The minimum Gasteiger partial charge on any atom is -0.506 e. The molecule has 1 atom stereocenters. The molecule has 0 aliphatic heterocycles. The van der Waals surface area contributed by atoms with Gasteiger partial charge in [0, 0.05) is 11.6 Å². The van der Waals surface area contributed by atoms with Crippen molar-refractivity contribution in [3.05, 3.63) is 26.9 Å². The highest BCUT2D eigenvalue weighted by Gasteiger charge is 2.21. The number of nitrogens with two attached hydrogens (primary N) is 1. The Labute approximate surface area is 108 Å². The first kappa shape index (κ1) is 13.7. The molecule has 0 saturated carbocycles. The summed E-state index contributed by atoms with van der Waals surface area (Å²) in [6.45, 7) is 3.96. The lowest BCUT2D eigenvalue weighted by molar-refractivity contribution is 0.429.